The van der Waals surface area contributed by atoms with Crippen LogP contribution in [0.4, 0.5) is 0 Å². The van der Waals surface area contributed by atoms with Crippen molar-refractivity contribution >= 4 is 10.7 Å². The molecule has 0 fully saturated rings. The van der Waals surface area contributed by atoms with Crippen LogP contribution >= 0.6 is 0 Å². The van der Waals surface area contributed by atoms with Crippen LogP contribution in [-0.2, 0) is 56.9 Å². The number of allylic oxidation sites excluding steroid dienone is 1. The Hall–Kier alpha value is 1.07. The molecule has 0 atom stereocenters. The van der Waals surface area contributed by atoms with Crippen LogP contribution in [0.5, 0.6) is 0 Å². The molecule has 0 heterocycles. The van der Waals surface area contributed by atoms with E-state index in [0.717, 1.165) is 0 Å². The zero-order chi connectivity index (χ0) is 7.86. The largest absolute Gasteiger partial charge is 0.545 e. The van der Waals surface area contributed by atoms with Gasteiger partial charge < -0.3 is 4.79 Å². The smallest absolute Gasteiger partial charge is 0 e. The van der Waals surface area contributed by atoms with E-state index in [0.29, 0.717) is 5.92 Å². The van der Waals surface area contributed by atoms with Crippen LogP contribution in [0.15, 0.2) is 6.08 Å². The van der Waals surface area contributed by atoms with E-state index in [1.807, 2.05) is 0 Å². The minimum absolute atomic E-state index is 0. The molecule has 0 aromatic rings. The number of hydrogen-bond donors (Lipinski definition) is 0. The van der Waals surface area contributed by atoms with Crippen molar-refractivity contribution in [3.63, 3.8) is 0 Å². The molecule has 0 saturated carbocycles. The molecule has 0 N–H and O–H groups in total. The third-order valence-electron chi connectivity index (χ3n) is 0.733. The molecule has 0 aromatic carbocycles. The van der Waals surface area contributed by atoms with Crippen LogP contribution in [0.1, 0.15) is 13.8 Å². The number of carbonyl (C=O) groups excluding carboxylic acids is 1. The molecule has 0 aliphatic rings. The molecule has 1 nitrogen and oxygen atoms in total. The van der Waals surface area contributed by atoms with E-state index in [1.165, 1.54) is 23.3 Å². The van der Waals surface area contributed by atoms with Gasteiger partial charge in [-0.05, 0) is 0 Å². The van der Waals surface area contributed by atoms with Gasteiger partial charge in [0.25, 0.3) is 0 Å². The molecule has 0 aliphatic carbocycles. The fourth-order valence-corrected chi connectivity index (χ4v) is 0.192. The molecule has 10 heavy (non-hydrogen) atoms. The summed E-state index contributed by atoms with van der Waals surface area (Å²) in [6.45, 7) is 12.8. The average molecular weight is 383 g/mol. The molecule has 1 radical (unpaired) electrons. The van der Waals surface area contributed by atoms with Crippen molar-refractivity contribution in [2.45, 2.75) is 13.8 Å². The Labute approximate surface area is 98.9 Å². The summed E-state index contributed by atoms with van der Waals surface area (Å²) in [4.78, 5) is 7.75. The Morgan fingerprint density at radius 2 is 1.80 bits per heavy atom. The van der Waals surface area contributed by atoms with Gasteiger partial charge in [-0.15, -0.1) is 0 Å². The second-order valence-corrected chi connectivity index (χ2v) is 3.42. The standard InChI is InChI=1S/C6H9.CHO.W.Y/c1-4-5-6(2)3;1-2;;/h1,4,6H,2-3H3;1H;;/q2*-1;;. The van der Waals surface area contributed by atoms with Gasteiger partial charge in [0.2, 0.25) is 0 Å². The van der Waals surface area contributed by atoms with Gasteiger partial charge in [-0.3, -0.25) is 6.79 Å². The molecule has 0 rings (SSSR count). The van der Waals surface area contributed by atoms with Crippen molar-refractivity contribution in [2.24, 2.45) is 5.92 Å². The van der Waals surface area contributed by atoms with Crippen LogP contribution in [-0.4, -0.2) is 10.7 Å². The zero-order valence-electron chi connectivity index (χ0n) is 6.20. The maximum atomic E-state index is 7.75. The predicted molar refractivity (Wildman–Crippen MR) is 35.5 cm³/mol. The van der Waals surface area contributed by atoms with E-state index in [1.54, 1.807) is 6.08 Å². The first-order chi connectivity index (χ1) is 4.18. The van der Waals surface area contributed by atoms with E-state index in [9.17, 15) is 0 Å². The monoisotopic (exact) mass is 383 g/mol. The Bertz CT molecular complexity index is 102. The number of rotatable bonds is 2. The van der Waals surface area contributed by atoms with Gasteiger partial charge in [-0.25, -0.2) is 0 Å². The third-order valence-corrected chi connectivity index (χ3v) is 2.92. The third kappa shape index (κ3) is 11.8. The summed E-state index contributed by atoms with van der Waals surface area (Å²) in [6, 6.07) is 0. The predicted octanol–water partition coefficient (Wildman–Crippen LogP) is 1.07. The Morgan fingerprint density at radius 1 is 1.50 bits per heavy atom. The summed E-state index contributed by atoms with van der Waals surface area (Å²) < 4.78 is 1.33. The quantitative estimate of drug-likeness (QED) is 0.516. The van der Waals surface area contributed by atoms with Gasteiger partial charge in [0, 0.05) is 32.7 Å². The van der Waals surface area contributed by atoms with Crippen molar-refractivity contribution < 1.29 is 56.9 Å². The van der Waals surface area contributed by atoms with Gasteiger partial charge >= 0.3 is 55.7 Å². The van der Waals surface area contributed by atoms with Crippen molar-refractivity contribution in [3.05, 3.63) is 12.7 Å². The maximum absolute atomic E-state index is 7.75. The summed E-state index contributed by atoms with van der Waals surface area (Å²) in [5.41, 5.74) is 0. The van der Waals surface area contributed by atoms with Gasteiger partial charge in [0.1, 0.15) is 0 Å². The van der Waals surface area contributed by atoms with E-state index < -0.39 is 0 Å². The van der Waals surface area contributed by atoms with Crippen LogP contribution in [0.3, 0.4) is 0 Å². The normalized spacial score (nSPS) is 6.70. The van der Waals surface area contributed by atoms with E-state index in [-0.39, 0.29) is 32.7 Å². The van der Waals surface area contributed by atoms with E-state index >= 15 is 0 Å². The maximum Gasteiger partial charge on any atom is 0 e. The van der Waals surface area contributed by atoms with Crippen LogP contribution < -0.4 is 0 Å². The first-order valence-electron chi connectivity index (χ1n) is 2.51. The Morgan fingerprint density at radius 3 is 1.80 bits per heavy atom. The van der Waals surface area contributed by atoms with Crippen molar-refractivity contribution in [3.8, 4) is 0 Å². The molecular weight excluding hydrogens is 373 g/mol. The SMILES string of the molecule is [CH-]=C[C](=[W])C(C)C.[CH-]=O.[Y]. The first kappa shape index (κ1) is 17.2. The van der Waals surface area contributed by atoms with Crippen molar-refractivity contribution in [2.75, 3.05) is 0 Å². The molecule has 0 aliphatic heterocycles. The molecule has 0 bridgehead atoms. The van der Waals surface area contributed by atoms with Crippen LogP contribution in [0.25, 0.3) is 0 Å². The molecular formula is C7H10OWY-2. The molecule has 0 amide bonds. The fraction of sp³-hybridized carbons (Fsp3) is 0.429. The van der Waals surface area contributed by atoms with E-state index in [2.05, 4.69) is 20.6 Å². The van der Waals surface area contributed by atoms with E-state index in [4.69, 9.17) is 11.4 Å². The van der Waals surface area contributed by atoms with Crippen LogP contribution in [0.2, 0.25) is 0 Å². The zero-order valence-corrected chi connectivity index (χ0v) is 12.0. The molecule has 0 unspecified atom stereocenters. The molecule has 0 saturated heterocycles. The molecule has 0 aromatic heterocycles. The van der Waals surface area contributed by atoms with Crippen molar-refractivity contribution in [1.29, 1.82) is 0 Å². The van der Waals surface area contributed by atoms with Crippen LogP contribution in [0, 0.1) is 12.5 Å². The molecule has 0 spiro atoms. The second kappa shape index (κ2) is 12.7. The summed E-state index contributed by atoms with van der Waals surface area (Å²) in [5.74, 6) is 0.639. The Kier molecular flexibility index (Phi) is 21.9. The molecule has 3 heteroatoms. The Balaban J connectivity index is -0.000000149. The minimum atomic E-state index is 0. The summed E-state index contributed by atoms with van der Waals surface area (Å²) in [5, 5.41) is 0. The number of hydrogen-bond acceptors (Lipinski definition) is 1. The van der Waals surface area contributed by atoms with Gasteiger partial charge in [0.05, 0.1) is 0 Å². The second-order valence-electron chi connectivity index (χ2n) is 1.72. The summed E-state index contributed by atoms with van der Waals surface area (Å²) >= 11 is 1.48. The molecule has 55 valence electrons. The average Bonchev–Trinajstić information content (AvgIpc) is 1.91. The minimum Gasteiger partial charge on any atom is -0.545 e. The fourth-order valence-electron chi connectivity index (χ4n) is 0.192. The topological polar surface area (TPSA) is 17.1 Å². The first-order valence-corrected chi connectivity index (χ1v) is 3.97. The van der Waals surface area contributed by atoms with Gasteiger partial charge in [0.15, 0.2) is 0 Å². The summed E-state index contributed by atoms with van der Waals surface area (Å²) in [6.07, 6.45) is 1.69. The summed E-state index contributed by atoms with van der Waals surface area (Å²) in [7, 11) is 0. The van der Waals surface area contributed by atoms with Gasteiger partial charge in [-0.2, -0.15) is 0 Å². The van der Waals surface area contributed by atoms with Crippen molar-refractivity contribution in [1.82, 2.24) is 0 Å². The van der Waals surface area contributed by atoms with Gasteiger partial charge in [-0.1, -0.05) is 0 Å².